The Bertz CT molecular complexity index is 1190. The number of aliphatic hydroxyl groups is 1. The van der Waals surface area contributed by atoms with Crippen molar-refractivity contribution in [2.24, 2.45) is 5.10 Å². The molecule has 0 bridgehead atoms. The maximum Gasteiger partial charge on any atom is 0.306 e. The zero-order valence-electron chi connectivity index (χ0n) is 16.7. The molecule has 0 aliphatic rings. The summed E-state index contributed by atoms with van der Waals surface area (Å²) in [6.45, 7) is 1.64. The smallest absolute Gasteiger partial charge is 0.306 e. The van der Waals surface area contributed by atoms with Gasteiger partial charge in [0.15, 0.2) is 0 Å². The third-order valence-corrected chi connectivity index (χ3v) is 6.34. The summed E-state index contributed by atoms with van der Waals surface area (Å²) in [6.07, 6.45) is -1.58. The molecule has 0 saturated carbocycles. The molecule has 0 fully saturated rings. The maximum absolute atomic E-state index is 12.4. The van der Waals surface area contributed by atoms with Gasteiger partial charge in [0.1, 0.15) is 5.75 Å². The monoisotopic (exact) mass is 492 g/mol. The molecule has 1 unspecified atom stereocenters. The Balaban J connectivity index is 1.72. The molecule has 1 amide bonds. The molecular weight excluding hydrogens is 475 g/mol. The molecule has 0 aliphatic carbocycles. The minimum Gasteiger partial charge on any atom is -0.506 e. The fourth-order valence-corrected chi connectivity index (χ4v) is 4.15. The molecule has 32 heavy (non-hydrogen) atoms. The van der Waals surface area contributed by atoms with Gasteiger partial charge in [-0.2, -0.15) is 5.10 Å². The fourth-order valence-electron chi connectivity index (χ4n) is 2.85. The first-order valence-corrected chi connectivity index (χ1v) is 10.9. The highest BCUT2D eigenvalue weighted by Crippen LogP contribution is 2.40. The number of hydrogen-bond acceptors (Lipinski definition) is 6. The van der Waals surface area contributed by atoms with E-state index in [-0.39, 0.29) is 11.3 Å². The first kappa shape index (κ1) is 23.7. The highest BCUT2D eigenvalue weighted by atomic mass is 35.5. The van der Waals surface area contributed by atoms with Crippen LogP contribution in [0.15, 0.2) is 52.9 Å². The standard InChI is InChI=1S/C22H18Cl2N2O5S/c1-11(15-10-32-21(20(15)30)14-6-7-16(23)17(24)8-14)25-26-22(31)13-4-2-12(3-5-13)18(27)9-19(28)29/h2-8,10,18,27,30H,9H2,1H3,(H,26,31)(H,28,29)/b25-11+. The van der Waals surface area contributed by atoms with Gasteiger partial charge in [-0.3, -0.25) is 9.59 Å². The van der Waals surface area contributed by atoms with Gasteiger partial charge in [0.05, 0.1) is 38.7 Å². The zero-order valence-corrected chi connectivity index (χ0v) is 19.0. The van der Waals surface area contributed by atoms with Crippen LogP contribution in [0.1, 0.15) is 40.9 Å². The van der Waals surface area contributed by atoms with E-state index in [1.807, 2.05) is 0 Å². The summed E-state index contributed by atoms with van der Waals surface area (Å²) < 4.78 is 0. The van der Waals surface area contributed by atoms with Crippen molar-refractivity contribution in [2.75, 3.05) is 0 Å². The highest BCUT2D eigenvalue weighted by molar-refractivity contribution is 7.14. The number of amides is 1. The maximum atomic E-state index is 12.4. The second-order valence-corrected chi connectivity index (χ2v) is 8.52. The number of carboxylic acids is 1. The number of hydrogen-bond donors (Lipinski definition) is 4. The Morgan fingerprint density at radius 3 is 2.44 bits per heavy atom. The van der Waals surface area contributed by atoms with Crippen LogP contribution in [0.5, 0.6) is 5.75 Å². The number of aliphatic carboxylic acids is 1. The van der Waals surface area contributed by atoms with Crippen LogP contribution in [-0.4, -0.2) is 32.9 Å². The normalized spacial score (nSPS) is 12.4. The van der Waals surface area contributed by atoms with Crippen LogP contribution in [0.2, 0.25) is 10.0 Å². The Labute approximate surface area is 197 Å². The molecule has 4 N–H and O–H groups in total. The zero-order chi connectivity index (χ0) is 23.4. The van der Waals surface area contributed by atoms with Crippen LogP contribution >= 0.6 is 34.5 Å². The molecule has 0 aliphatic heterocycles. The minimum atomic E-state index is -1.16. The molecule has 1 heterocycles. The van der Waals surface area contributed by atoms with Crippen molar-refractivity contribution in [3.8, 4) is 16.2 Å². The van der Waals surface area contributed by atoms with Gasteiger partial charge in [-0.25, -0.2) is 5.43 Å². The number of aliphatic hydroxyl groups excluding tert-OH is 1. The van der Waals surface area contributed by atoms with Crippen molar-refractivity contribution < 1.29 is 24.9 Å². The summed E-state index contributed by atoms with van der Waals surface area (Å²) >= 11 is 13.3. The number of thiophene rings is 1. The molecule has 1 aromatic heterocycles. The Morgan fingerprint density at radius 1 is 1.12 bits per heavy atom. The average Bonchev–Trinajstić information content (AvgIpc) is 3.14. The van der Waals surface area contributed by atoms with E-state index in [4.69, 9.17) is 28.3 Å². The second-order valence-electron chi connectivity index (χ2n) is 6.83. The number of nitrogens with one attached hydrogen (secondary N) is 1. The quantitative estimate of drug-likeness (QED) is 0.270. The molecule has 1 atom stereocenters. The molecule has 2 aromatic carbocycles. The van der Waals surface area contributed by atoms with E-state index in [1.54, 1.807) is 30.5 Å². The predicted octanol–water partition coefficient (Wildman–Crippen LogP) is 5.09. The number of halogens is 2. The molecule has 0 radical (unpaired) electrons. The van der Waals surface area contributed by atoms with E-state index in [0.717, 1.165) is 0 Å². The van der Waals surface area contributed by atoms with Crippen LogP contribution in [0, 0.1) is 0 Å². The van der Waals surface area contributed by atoms with Gasteiger partial charge in [0, 0.05) is 10.9 Å². The molecule has 0 saturated heterocycles. The fraction of sp³-hybridized carbons (Fsp3) is 0.136. The van der Waals surface area contributed by atoms with E-state index in [0.29, 0.717) is 37.3 Å². The van der Waals surface area contributed by atoms with Crippen molar-refractivity contribution >= 4 is 52.1 Å². The number of rotatable bonds is 7. The van der Waals surface area contributed by atoms with Gasteiger partial charge < -0.3 is 15.3 Å². The Morgan fingerprint density at radius 2 is 1.81 bits per heavy atom. The first-order valence-electron chi connectivity index (χ1n) is 9.28. The van der Waals surface area contributed by atoms with Gasteiger partial charge in [0.25, 0.3) is 5.91 Å². The summed E-state index contributed by atoms with van der Waals surface area (Å²) in [4.78, 5) is 23.6. The SMILES string of the molecule is C/C(=N\NC(=O)c1ccc(C(O)CC(=O)O)cc1)c1csc(-c2ccc(Cl)c(Cl)c2)c1O. The Kier molecular flexibility index (Phi) is 7.52. The van der Waals surface area contributed by atoms with Crippen molar-refractivity contribution in [3.63, 3.8) is 0 Å². The van der Waals surface area contributed by atoms with Gasteiger partial charge >= 0.3 is 5.97 Å². The van der Waals surface area contributed by atoms with E-state index >= 15 is 0 Å². The van der Waals surface area contributed by atoms with E-state index in [9.17, 15) is 19.8 Å². The second kappa shape index (κ2) is 10.1. The summed E-state index contributed by atoms with van der Waals surface area (Å²) in [5, 5.41) is 35.7. The minimum absolute atomic E-state index is 0.0145. The lowest BCUT2D eigenvalue weighted by molar-refractivity contribution is -0.139. The van der Waals surface area contributed by atoms with Gasteiger partial charge in [-0.1, -0.05) is 41.4 Å². The molecule has 3 aromatic rings. The molecule has 166 valence electrons. The van der Waals surface area contributed by atoms with Crippen LogP contribution < -0.4 is 5.43 Å². The number of hydrazone groups is 1. The van der Waals surface area contributed by atoms with Gasteiger partial charge in [-0.05, 0) is 42.3 Å². The van der Waals surface area contributed by atoms with E-state index < -0.39 is 24.4 Å². The number of carboxylic acid groups (broad SMARTS) is 1. The molecule has 0 spiro atoms. The van der Waals surface area contributed by atoms with Crippen molar-refractivity contribution in [2.45, 2.75) is 19.4 Å². The average molecular weight is 493 g/mol. The number of benzene rings is 2. The van der Waals surface area contributed by atoms with Crippen molar-refractivity contribution in [3.05, 3.63) is 74.6 Å². The van der Waals surface area contributed by atoms with Crippen LogP contribution in [0.4, 0.5) is 0 Å². The number of aromatic hydroxyl groups is 1. The van der Waals surface area contributed by atoms with Crippen molar-refractivity contribution in [1.82, 2.24) is 5.43 Å². The lowest BCUT2D eigenvalue weighted by Gasteiger charge is -2.09. The van der Waals surface area contributed by atoms with Crippen LogP contribution in [0.25, 0.3) is 10.4 Å². The topological polar surface area (TPSA) is 119 Å². The first-order chi connectivity index (χ1) is 15.2. The third kappa shape index (κ3) is 5.46. The Hall–Kier alpha value is -2.91. The van der Waals surface area contributed by atoms with Crippen molar-refractivity contribution in [1.29, 1.82) is 0 Å². The third-order valence-electron chi connectivity index (χ3n) is 4.59. The predicted molar refractivity (Wildman–Crippen MR) is 125 cm³/mol. The summed E-state index contributed by atoms with van der Waals surface area (Å²) in [5.41, 5.74) is 4.65. The lowest BCUT2D eigenvalue weighted by atomic mass is 10.0. The molecule has 7 nitrogen and oxygen atoms in total. The largest absolute Gasteiger partial charge is 0.506 e. The van der Waals surface area contributed by atoms with Crippen LogP contribution in [0.3, 0.4) is 0 Å². The summed E-state index contributed by atoms with van der Waals surface area (Å²) in [5.74, 6) is -1.60. The molecular formula is C22H18Cl2N2O5S. The molecule has 3 rings (SSSR count). The number of nitrogens with zero attached hydrogens (tertiary/aromatic N) is 1. The summed E-state index contributed by atoms with van der Waals surface area (Å²) in [6, 6.07) is 10.9. The number of carbonyl (C=O) groups is 2. The van der Waals surface area contributed by atoms with Gasteiger partial charge in [-0.15, -0.1) is 11.3 Å². The van der Waals surface area contributed by atoms with E-state index in [1.165, 1.54) is 35.6 Å². The van der Waals surface area contributed by atoms with Gasteiger partial charge in [0.2, 0.25) is 0 Å². The van der Waals surface area contributed by atoms with E-state index in [2.05, 4.69) is 10.5 Å². The highest BCUT2D eigenvalue weighted by Gasteiger charge is 2.16. The number of carbonyl (C=O) groups excluding carboxylic acids is 1. The molecule has 10 heteroatoms. The summed E-state index contributed by atoms with van der Waals surface area (Å²) in [7, 11) is 0. The lowest BCUT2D eigenvalue weighted by Crippen LogP contribution is -2.19. The van der Waals surface area contributed by atoms with Crippen LogP contribution in [-0.2, 0) is 4.79 Å².